The number of pyridine rings is 1. The van der Waals surface area contributed by atoms with E-state index in [0.29, 0.717) is 12.5 Å². The molecule has 0 radical (unpaired) electrons. The number of likely N-dealkylation sites (N-methyl/N-ethyl adjacent to an activating group) is 1. The van der Waals surface area contributed by atoms with Crippen LogP contribution in [0.2, 0.25) is 0 Å². The number of nitrogens with zero attached hydrogens (tertiary/aromatic N) is 2. The predicted octanol–water partition coefficient (Wildman–Crippen LogP) is 3.63. The molecule has 6 nitrogen and oxygen atoms in total. The van der Waals surface area contributed by atoms with Crippen LogP contribution in [0.1, 0.15) is 51.1 Å². The van der Waals surface area contributed by atoms with Crippen molar-refractivity contribution < 1.29 is 14.3 Å². The number of aromatic nitrogens is 1. The molecule has 0 atom stereocenters. The molecule has 0 unspecified atom stereocenters. The summed E-state index contributed by atoms with van der Waals surface area (Å²) in [6.07, 6.45) is 0.312. The number of alkyl carbamates (subject to hydrolysis) is 1. The van der Waals surface area contributed by atoms with Crippen molar-refractivity contribution in [2.24, 2.45) is 5.92 Å². The van der Waals surface area contributed by atoms with E-state index in [2.05, 4.69) is 24.1 Å². The van der Waals surface area contributed by atoms with Crippen molar-refractivity contribution in [3.8, 4) is 0 Å². The van der Waals surface area contributed by atoms with Crippen LogP contribution in [0.5, 0.6) is 0 Å². The molecule has 148 valence electrons. The molecule has 1 N–H and O–H groups in total. The van der Waals surface area contributed by atoms with Crippen LogP contribution < -0.4 is 5.32 Å². The summed E-state index contributed by atoms with van der Waals surface area (Å²) in [6, 6.07) is 3.74. The predicted molar refractivity (Wildman–Crippen MR) is 105 cm³/mol. The minimum Gasteiger partial charge on any atom is -0.445 e. The van der Waals surface area contributed by atoms with E-state index >= 15 is 0 Å². The third kappa shape index (κ3) is 8.04. The summed E-state index contributed by atoms with van der Waals surface area (Å²) in [5.41, 5.74) is 1.60. The van der Waals surface area contributed by atoms with Crippen LogP contribution in [-0.2, 0) is 16.1 Å². The summed E-state index contributed by atoms with van der Waals surface area (Å²) in [4.78, 5) is 30.5. The first-order chi connectivity index (χ1) is 11.5. The summed E-state index contributed by atoms with van der Waals surface area (Å²) in [5, 5.41) is 2.66. The highest BCUT2D eigenvalue weighted by atomic mass is 35.5. The van der Waals surface area contributed by atoms with Gasteiger partial charge in [-0.3, -0.25) is 9.78 Å². The Morgan fingerprint density at radius 1 is 1.23 bits per heavy atom. The quantitative estimate of drug-likeness (QED) is 0.777. The van der Waals surface area contributed by atoms with E-state index in [4.69, 9.17) is 4.74 Å². The summed E-state index contributed by atoms with van der Waals surface area (Å²) in [5.74, 6) is 0.379. The molecule has 7 heteroatoms. The Morgan fingerprint density at radius 3 is 2.27 bits per heavy atom. The molecule has 0 aliphatic rings. The standard InChI is InChI=1S/C19H31N3O3.ClH/c1-13(2)8-9-22(7)17(23)19(5,6)21-18(24)25-12-16-10-14(3)20-15(4)11-16;/h10-11,13H,8-9,12H2,1-7H3,(H,21,24);1H. The lowest BCUT2D eigenvalue weighted by molar-refractivity contribution is -0.135. The molecule has 0 aliphatic heterocycles. The van der Waals surface area contributed by atoms with Crippen LogP contribution in [-0.4, -0.2) is 41.0 Å². The SMILES string of the molecule is Cc1cc(COC(=O)NC(C)(C)C(=O)N(C)CCC(C)C)cc(C)n1.Cl. The first-order valence-corrected chi connectivity index (χ1v) is 8.66. The molecule has 0 saturated carbocycles. The van der Waals surface area contributed by atoms with Gasteiger partial charge in [0.1, 0.15) is 12.1 Å². The highest BCUT2D eigenvalue weighted by Crippen LogP contribution is 2.11. The molecule has 1 aromatic heterocycles. The number of carbonyl (C=O) groups excluding carboxylic acids is 2. The second-order valence-electron chi connectivity index (χ2n) is 7.49. The Morgan fingerprint density at radius 2 is 1.77 bits per heavy atom. The van der Waals surface area contributed by atoms with Crippen molar-refractivity contribution >= 4 is 24.4 Å². The van der Waals surface area contributed by atoms with E-state index in [1.165, 1.54) is 0 Å². The van der Waals surface area contributed by atoms with Gasteiger partial charge in [-0.15, -0.1) is 12.4 Å². The molecular formula is C19H32ClN3O3. The van der Waals surface area contributed by atoms with E-state index in [-0.39, 0.29) is 24.9 Å². The lowest BCUT2D eigenvalue weighted by Gasteiger charge is -2.30. The van der Waals surface area contributed by atoms with Gasteiger partial charge in [-0.2, -0.15) is 0 Å². The highest BCUT2D eigenvalue weighted by molar-refractivity contribution is 5.89. The summed E-state index contributed by atoms with van der Waals surface area (Å²) < 4.78 is 5.25. The fourth-order valence-corrected chi connectivity index (χ4v) is 2.53. The van der Waals surface area contributed by atoms with Gasteiger partial charge in [0.15, 0.2) is 0 Å². The third-order valence-corrected chi connectivity index (χ3v) is 3.85. The lowest BCUT2D eigenvalue weighted by atomic mass is 10.0. The zero-order chi connectivity index (χ0) is 19.2. The van der Waals surface area contributed by atoms with Crippen molar-refractivity contribution in [1.29, 1.82) is 0 Å². The van der Waals surface area contributed by atoms with Gasteiger partial charge in [-0.05, 0) is 57.7 Å². The number of aryl methyl sites for hydroxylation is 2. The number of hydrogen-bond donors (Lipinski definition) is 1. The number of carbonyl (C=O) groups is 2. The average Bonchev–Trinajstić information content (AvgIpc) is 2.48. The van der Waals surface area contributed by atoms with Gasteiger partial charge in [0.05, 0.1) is 0 Å². The lowest BCUT2D eigenvalue weighted by Crippen LogP contribution is -2.55. The van der Waals surface area contributed by atoms with Gasteiger partial charge in [-0.1, -0.05) is 13.8 Å². The van der Waals surface area contributed by atoms with Crippen LogP contribution in [0.4, 0.5) is 4.79 Å². The number of halogens is 1. The zero-order valence-electron chi connectivity index (χ0n) is 16.9. The minimum atomic E-state index is -1.02. The van der Waals surface area contributed by atoms with Crippen molar-refractivity contribution in [2.75, 3.05) is 13.6 Å². The van der Waals surface area contributed by atoms with Gasteiger partial charge in [0.25, 0.3) is 0 Å². The number of rotatable bonds is 7. The molecule has 0 aromatic carbocycles. The Labute approximate surface area is 163 Å². The molecule has 0 bridgehead atoms. The van der Waals surface area contributed by atoms with E-state index in [9.17, 15) is 9.59 Å². The van der Waals surface area contributed by atoms with E-state index < -0.39 is 11.6 Å². The maximum absolute atomic E-state index is 12.5. The molecule has 0 fully saturated rings. The maximum Gasteiger partial charge on any atom is 0.408 e. The molecule has 0 aliphatic carbocycles. The molecular weight excluding hydrogens is 354 g/mol. The maximum atomic E-state index is 12.5. The largest absolute Gasteiger partial charge is 0.445 e. The summed E-state index contributed by atoms with van der Waals surface area (Å²) in [7, 11) is 1.75. The Hall–Kier alpha value is -1.82. The molecule has 1 heterocycles. The molecule has 26 heavy (non-hydrogen) atoms. The minimum absolute atomic E-state index is 0. The zero-order valence-corrected chi connectivity index (χ0v) is 17.7. The van der Waals surface area contributed by atoms with Crippen molar-refractivity contribution in [3.63, 3.8) is 0 Å². The second-order valence-corrected chi connectivity index (χ2v) is 7.49. The second kappa shape index (κ2) is 10.4. The fraction of sp³-hybridized carbons (Fsp3) is 0.632. The van der Waals surface area contributed by atoms with Gasteiger partial charge in [0, 0.05) is 25.0 Å². The number of nitrogens with one attached hydrogen (secondary N) is 1. The van der Waals surface area contributed by atoms with E-state index in [1.54, 1.807) is 25.8 Å². The highest BCUT2D eigenvalue weighted by Gasteiger charge is 2.32. The average molecular weight is 386 g/mol. The topological polar surface area (TPSA) is 71.5 Å². The van der Waals surface area contributed by atoms with Crippen LogP contribution in [0.25, 0.3) is 0 Å². The molecule has 2 amide bonds. The monoisotopic (exact) mass is 385 g/mol. The Bertz CT molecular complexity index is 598. The Kier molecular flexibility index (Phi) is 9.63. The Balaban J connectivity index is 0.00000625. The van der Waals surface area contributed by atoms with Crippen LogP contribution in [0, 0.1) is 19.8 Å². The van der Waals surface area contributed by atoms with E-state index in [1.807, 2.05) is 26.0 Å². The molecule has 0 spiro atoms. The molecule has 1 rings (SSSR count). The normalized spacial score (nSPS) is 10.9. The van der Waals surface area contributed by atoms with E-state index in [0.717, 1.165) is 23.4 Å². The number of amides is 2. The van der Waals surface area contributed by atoms with Gasteiger partial charge >= 0.3 is 6.09 Å². The smallest absolute Gasteiger partial charge is 0.408 e. The van der Waals surface area contributed by atoms with Crippen LogP contribution in [0.3, 0.4) is 0 Å². The van der Waals surface area contributed by atoms with Crippen LogP contribution in [0.15, 0.2) is 12.1 Å². The summed E-state index contributed by atoms with van der Waals surface area (Å²) >= 11 is 0. The van der Waals surface area contributed by atoms with Gasteiger partial charge < -0.3 is 15.0 Å². The van der Waals surface area contributed by atoms with Gasteiger partial charge in [0.2, 0.25) is 5.91 Å². The fourth-order valence-electron chi connectivity index (χ4n) is 2.53. The first-order valence-electron chi connectivity index (χ1n) is 8.66. The number of hydrogen-bond acceptors (Lipinski definition) is 4. The first kappa shape index (κ1) is 24.2. The summed E-state index contributed by atoms with van der Waals surface area (Å²) in [6.45, 7) is 12.2. The van der Waals surface area contributed by atoms with Crippen molar-refractivity contribution in [2.45, 2.75) is 60.1 Å². The molecule has 1 aromatic rings. The van der Waals surface area contributed by atoms with Crippen molar-refractivity contribution in [3.05, 3.63) is 29.1 Å². The molecule has 0 saturated heterocycles. The van der Waals surface area contributed by atoms with Crippen molar-refractivity contribution in [1.82, 2.24) is 15.2 Å². The number of ether oxygens (including phenoxy) is 1. The van der Waals surface area contributed by atoms with Gasteiger partial charge in [-0.25, -0.2) is 4.79 Å². The third-order valence-electron chi connectivity index (χ3n) is 3.85. The van der Waals surface area contributed by atoms with Crippen LogP contribution >= 0.6 is 12.4 Å².